The first-order valence-corrected chi connectivity index (χ1v) is 8.64. The van der Waals surface area contributed by atoms with Gasteiger partial charge in [-0.05, 0) is 30.4 Å². The maximum atomic E-state index is 11.8. The van der Waals surface area contributed by atoms with Crippen molar-refractivity contribution in [3.05, 3.63) is 35.4 Å². The van der Waals surface area contributed by atoms with E-state index in [1.165, 1.54) is 11.1 Å². The Labute approximate surface area is 119 Å². The molecular formula is C14H20N2O3S. The predicted molar refractivity (Wildman–Crippen MR) is 77.9 cm³/mol. The number of nitrogens with one attached hydrogen (secondary N) is 2. The fourth-order valence-electron chi connectivity index (χ4n) is 2.47. The summed E-state index contributed by atoms with van der Waals surface area (Å²) >= 11 is 0. The molecule has 1 atom stereocenters. The summed E-state index contributed by atoms with van der Waals surface area (Å²) in [5.74, 6) is -0.106. The molecule has 1 aliphatic carbocycles. The highest BCUT2D eigenvalue weighted by Gasteiger charge is 2.19. The van der Waals surface area contributed by atoms with E-state index in [1.54, 1.807) is 0 Å². The molecule has 6 heteroatoms. The molecule has 0 radical (unpaired) electrons. The van der Waals surface area contributed by atoms with Crippen LogP contribution in [0.2, 0.25) is 0 Å². The lowest BCUT2D eigenvalue weighted by Gasteiger charge is -2.25. The molecule has 0 heterocycles. The number of hydrogen-bond donors (Lipinski definition) is 2. The van der Waals surface area contributed by atoms with Crippen molar-refractivity contribution >= 4 is 15.9 Å². The summed E-state index contributed by atoms with van der Waals surface area (Å²) < 4.78 is 24.1. The van der Waals surface area contributed by atoms with Crippen molar-refractivity contribution in [1.29, 1.82) is 0 Å². The molecule has 0 unspecified atom stereocenters. The van der Waals surface area contributed by atoms with Gasteiger partial charge in [0.1, 0.15) is 0 Å². The Balaban J connectivity index is 1.79. The molecule has 110 valence electrons. The van der Waals surface area contributed by atoms with Crippen molar-refractivity contribution < 1.29 is 13.2 Å². The van der Waals surface area contributed by atoms with Gasteiger partial charge in [0.25, 0.3) is 0 Å². The highest BCUT2D eigenvalue weighted by molar-refractivity contribution is 7.88. The molecule has 1 aliphatic rings. The zero-order valence-electron chi connectivity index (χ0n) is 11.6. The van der Waals surface area contributed by atoms with Crippen LogP contribution in [0.4, 0.5) is 0 Å². The zero-order valence-corrected chi connectivity index (χ0v) is 12.4. The standard InChI is InChI=1S/C14H20N2O3S/c1-20(18,19)15-9-8-14(17)16-13-7-6-11-4-2-3-5-12(11)10-13/h2-5,13,15H,6-10H2,1H3,(H,16,17)/t13-/m0/s1. The third-order valence-corrected chi connectivity index (χ3v) is 4.16. The van der Waals surface area contributed by atoms with Gasteiger partial charge in [0.15, 0.2) is 0 Å². The molecule has 1 aromatic carbocycles. The molecule has 0 fully saturated rings. The molecule has 0 saturated carbocycles. The van der Waals surface area contributed by atoms with Gasteiger partial charge >= 0.3 is 0 Å². The maximum absolute atomic E-state index is 11.8. The second-order valence-electron chi connectivity index (χ2n) is 5.19. The fourth-order valence-corrected chi connectivity index (χ4v) is 2.94. The van der Waals surface area contributed by atoms with Crippen LogP contribution in [0, 0.1) is 0 Å². The van der Waals surface area contributed by atoms with Crippen LogP contribution < -0.4 is 10.0 Å². The van der Waals surface area contributed by atoms with Gasteiger partial charge in [-0.25, -0.2) is 13.1 Å². The second-order valence-corrected chi connectivity index (χ2v) is 7.03. The first-order valence-electron chi connectivity index (χ1n) is 6.75. The number of sulfonamides is 1. The van der Waals surface area contributed by atoms with E-state index in [0.717, 1.165) is 25.5 Å². The Hall–Kier alpha value is -1.40. The smallest absolute Gasteiger partial charge is 0.221 e. The van der Waals surface area contributed by atoms with Gasteiger partial charge in [0.05, 0.1) is 6.26 Å². The predicted octanol–water partition coefficient (Wildman–Crippen LogP) is 0.599. The number of rotatable bonds is 5. The van der Waals surface area contributed by atoms with Crippen molar-refractivity contribution in [2.45, 2.75) is 31.7 Å². The molecule has 0 spiro atoms. The van der Waals surface area contributed by atoms with Crippen LogP contribution in [0.3, 0.4) is 0 Å². The minimum absolute atomic E-state index is 0.106. The van der Waals surface area contributed by atoms with Crippen molar-refractivity contribution in [2.75, 3.05) is 12.8 Å². The van der Waals surface area contributed by atoms with E-state index in [0.29, 0.717) is 0 Å². The first kappa shape index (κ1) is 15.0. The van der Waals surface area contributed by atoms with Crippen LogP contribution in [-0.2, 0) is 27.7 Å². The molecular weight excluding hydrogens is 276 g/mol. The molecule has 0 aromatic heterocycles. The fraction of sp³-hybridized carbons (Fsp3) is 0.500. The number of hydrogen-bond acceptors (Lipinski definition) is 3. The van der Waals surface area contributed by atoms with Gasteiger partial charge in [-0.3, -0.25) is 4.79 Å². The molecule has 0 bridgehead atoms. The number of benzene rings is 1. The van der Waals surface area contributed by atoms with E-state index >= 15 is 0 Å². The summed E-state index contributed by atoms with van der Waals surface area (Å²) in [5, 5.41) is 2.97. The molecule has 1 amide bonds. The van der Waals surface area contributed by atoms with Crippen LogP contribution in [0.1, 0.15) is 24.0 Å². The lowest BCUT2D eigenvalue weighted by Crippen LogP contribution is -2.40. The summed E-state index contributed by atoms with van der Waals surface area (Å²) in [7, 11) is -3.22. The third-order valence-electron chi connectivity index (χ3n) is 3.43. The van der Waals surface area contributed by atoms with Gasteiger partial charge in [-0.15, -0.1) is 0 Å². The van der Waals surface area contributed by atoms with E-state index in [2.05, 4.69) is 22.2 Å². The second kappa shape index (κ2) is 6.37. The van der Waals surface area contributed by atoms with Gasteiger partial charge < -0.3 is 5.32 Å². The average Bonchev–Trinajstić information content (AvgIpc) is 2.37. The van der Waals surface area contributed by atoms with Crippen molar-refractivity contribution in [3.8, 4) is 0 Å². The molecule has 0 saturated heterocycles. The minimum atomic E-state index is -3.22. The molecule has 20 heavy (non-hydrogen) atoms. The largest absolute Gasteiger partial charge is 0.353 e. The summed E-state index contributed by atoms with van der Waals surface area (Å²) in [6, 6.07) is 8.42. The van der Waals surface area contributed by atoms with Crippen LogP contribution >= 0.6 is 0 Å². The third kappa shape index (κ3) is 4.61. The van der Waals surface area contributed by atoms with Crippen LogP contribution in [0.25, 0.3) is 0 Å². The number of amides is 1. The van der Waals surface area contributed by atoms with Crippen molar-refractivity contribution in [2.24, 2.45) is 0 Å². The molecule has 5 nitrogen and oxygen atoms in total. The summed E-state index contributed by atoms with van der Waals surface area (Å²) in [4.78, 5) is 11.8. The summed E-state index contributed by atoms with van der Waals surface area (Å²) in [6.07, 6.45) is 4.01. The zero-order chi connectivity index (χ0) is 14.6. The molecule has 2 rings (SSSR count). The normalized spacial score (nSPS) is 18.4. The Kier molecular flexibility index (Phi) is 4.77. The molecule has 1 aromatic rings. The quantitative estimate of drug-likeness (QED) is 0.835. The van der Waals surface area contributed by atoms with E-state index in [9.17, 15) is 13.2 Å². The van der Waals surface area contributed by atoms with E-state index in [4.69, 9.17) is 0 Å². The first-order chi connectivity index (χ1) is 9.44. The van der Waals surface area contributed by atoms with Crippen molar-refractivity contribution in [1.82, 2.24) is 10.0 Å². The topological polar surface area (TPSA) is 75.3 Å². The van der Waals surface area contributed by atoms with Gasteiger partial charge in [0.2, 0.25) is 15.9 Å². The lowest BCUT2D eigenvalue weighted by molar-refractivity contribution is -0.121. The van der Waals surface area contributed by atoms with E-state index in [-0.39, 0.29) is 24.9 Å². The number of fused-ring (bicyclic) bond motifs is 1. The van der Waals surface area contributed by atoms with Gasteiger partial charge in [-0.2, -0.15) is 0 Å². The highest BCUT2D eigenvalue weighted by Crippen LogP contribution is 2.20. The maximum Gasteiger partial charge on any atom is 0.221 e. The number of aryl methyl sites for hydroxylation is 1. The monoisotopic (exact) mass is 296 g/mol. The van der Waals surface area contributed by atoms with E-state index < -0.39 is 10.0 Å². The minimum Gasteiger partial charge on any atom is -0.353 e. The molecule has 0 aliphatic heterocycles. The van der Waals surface area contributed by atoms with Crippen LogP contribution in [0.5, 0.6) is 0 Å². The summed E-state index contributed by atoms with van der Waals surface area (Å²) in [5.41, 5.74) is 2.65. The lowest BCUT2D eigenvalue weighted by atomic mass is 9.88. The Morgan fingerprint density at radius 3 is 2.70 bits per heavy atom. The van der Waals surface area contributed by atoms with Crippen LogP contribution in [0.15, 0.2) is 24.3 Å². The molecule has 2 N–H and O–H groups in total. The van der Waals surface area contributed by atoms with E-state index in [1.807, 2.05) is 12.1 Å². The van der Waals surface area contributed by atoms with Crippen molar-refractivity contribution in [3.63, 3.8) is 0 Å². The Bertz CT molecular complexity index is 584. The SMILES string of the molecule is CS(=O)(=O)NCCC(=O)N[C@H]1CCc2ccccc2C1. The average molecular weight is 296 g/mol. The van der Waals surface area contributed by atoms with Crippen LogP contribution in [-0.4, -0.2) is 33.2 Å². The Morgan fingerprint density at radius 1 is 1.30 bits per heavy atom. The summed E-state index contributed by atoms with van der Waals surface area (Å²) in [6.45, 7) is 0.147. The number of carbonyl (C=O) groups excluding carboxylic acids is 1. The van der Waals surface area contributed by atoms with Gasteiger partial charge in [0, 0.05) is 19.0 Å². The van der Waals surface area contributed by atoms with Gasteiger partial charge in [-0.1, -0.05) is 24.3 Å². The number of carbonyl (C=O) groups is 1. The highest BCUT2D eigenvalue weighted by atomic mass is 32.2. The Morgan fingerprint density at radius 2 is 2.00 bits per heavy atom.